The van der Waals surface area contributed by atoms with Crippen LogP contribution in [0.15, 0.2) is 23.0 Å². The third kappa shape index (κ3) is 2.34. The molecule has 0 spiro atoms. The topological polar surface area (TPSA) is 37.3 Å². The van der Waals surface area contributed by atoms with Gasteiger partial charge in [-0.2, -0.15) is 0 Å². The minimum atomic E-state index is -0.448. The van der Waals surface area contributed by atoms with Crippen molar-refractivity contribution in [1.82, 2.24) is 0 Å². The van der Waals surface area contributed by atoms with Crippen LogP contribution in [0.25, 0.3) is 0 Å². The molecule has 25 heavy (non-hydrogen) atoms. The van der Waals surface area contributed by atoms with E-state index in [1.54, 1.807) is 0 Å². The number of rotatable bonds is 1. The third-order valence-corrected chi connectivity index (χ3v) is 8.52. The summed E-state index contributed by atoms with van der Waals surface area (Å²) in [5.41, 5.74) is 2.37. The van der Waals surface area contributed by atoms with E-state index in [2.05, 4.69) is 20.8 Å². The highest BCUT2D eigenvalue weighted by Crippen LogP contribution is 2.67. The van der Waals surface area contributed by atoms with Crippen molar-refractivity contribution in [2.75, 3.05) is 6.61 Å². The molecule has 3 heteroatoms. The zero-order chi connectivity index (χ0) is 18.0. The van der Waals surface area contributed by atoms with Crippen molar-refractivity contribution in [2.45, 2.75) is 65.7 Å². The van der Waals surface area contributed by atoms with E-state index in [0.717, 1.165) is 50.5 Å². The van der Waals surface area contributed by atoms with Gasteiger partial charge in [-0.25, -0.2) is 4.39 Å². The van der Waals surface area contributed by atoms with Gasteiger partial charge in [0.15, 0.2) is 5.78 Å². The molecule has 0 amide bonds. The quantitative estimate of drug-likeness (QED) is 0.727. The van der Waals surface area contributed by atoms with Gasteiger partial charge in [0.25, 0.3) is 0 Å². The Bertz CT molecular complexity index is 663. The SMILES string of the molecule is C[C@@H]1CC2(C)C(=CC1=O)CCC1C2CCC2(C)/C(=C(/F)CO)CCC12. The van der Waals surface area contributed by atoms with Crippen molar-refractivity contribution in [3.63, 3.8) is 0 Å². The molecule has 0 heterocycles. The van der Waals surface area contributed by atoms with Gasteiger partial charge in [0.2, 0.25) is 0 Å². The van der Waals surface area contributed by atoms with E-state index < -0.39 is 6.61 Å². The Morgan fingerprint density at radius 1 is 1.20 bits per heavy atom. The molecule has 6 atom stereocenters. The zero-order valence-electron chi connectivity index (χ0n) is 15.8. The number of halogens is 1. The number of ketones is 1. The molecule has 1 N–H and O–H groups in total. The first-order valence-electron chi connectivity index (χ1n) is 10.0. The summed E-state index contributed by atoms with van der Waals surface area (Å²) in [5, 5.41) is 9.31. The average Bonchev–Trinajstić information content (AvgIpc) is 2.93. The minimum Gasteiger partial charge on any atom is -0.389 e. The molecule has 2 nitrogen and oxygen atoms in total. The highest BCUT2D eigenvalue weighted by Gasteiger charge is 2.58. The summed E-state index contributed by atoms with van der Waals surface area (Å²) < 4.78 is 14.3. The highest BCUT2D eigenvalue weighted by molar-refractivity contribution is 5.93. The van der Waals surface area contributed by atoms with Crippen LogP contribution in [-0.2, 0) is 4.79 Å². The van der Waals surface area contributed by atoms with Gasteiger partial charge < -0.3 is 5.11 Å². The van der Waals surface area contributed by atoms with E-state index >= 15 is 0 Å². The van der Waals surface area contributed by atoms with E-state index in [1.165, 1.54) is 5.57 Å². The van der Waals surface area contributed by atoms with Crippen LogP contribution in [0.3, 0.4) is 0 Å². The Morgan fingerprint density at radius 2 is 1.92 bits per heavy atom. The van der Waals surface area contributed by atoms with Crippen LogP contribution in [0.5, 0.6) is 0 Å². The van der Waals surface area contributed by atoms with Gasteiger partial charge in [-0.1, -0.05) is 26.3 Å². The van der Waals surface area contributed by atoms with Gasteiger partial charge in [-0.3, -0.25) is 4.79 Å². The van der Waals surface area contributed by atoms with Gasteiger partial charge in [0.1, 0.15) is 5.83 Å². The van der Waals surface area contributed by atoms with Crippen molar-refractivity contribution in [3.05, 3.63) is 23.0 Å². The summed E-state index contributed by atoms with van der Waals surface area (Å²) in [6.45, 7) is 6.26. The van der Waals surface area contributed by atoms with Crippen molar-refractivity contribution in [3.8, 4) is 0 Å². The summed E-state index contributed by atoms with van der Waals surface area (Å²) in [5.74, 6) is 1.95. The first kappa shape index (κ1) is 17.5. The molecule has 4 aliphatic rings. The predicted molar refractivity (Wildman–Crippen MR) is 96.5 cm³/mol. The summed E-state index contributed by atoms with van der Waals surface area (Å²) in [6.07, 6.45) is 9.13. The molecule has 0 aromatic rings. The molecule has 0 aromatic heterocycles. The first-order valence-corrected chi connectivity index (χ1v) is 10.0. The maximum absolute atomic E-state index is 14.3. The number of carbonyl (C=O) groups is 1. The Balaban J connectivity index is 1.69. The Labute approximate surface area is 150 Å². The lowest BCUT2D eigenvalue weighted by Crippen LogP contribution is -2.50. The number of aliphatic hydroxyl groups is 1. The monoisotopic (exact) mass is 346 g/mol. The molecule has 5 unspecified atom stereocenters. The Morgan fingerprint density at radius 3 is 2.64 bits per heavy atom. The van der Waals surface area contributed by atoms with Crippen LogP contribution >= 0.6 is 0 Å². The van der Waals surface area contributed by atoms with Crippen LogP contribution in [0.4, 0.5) is 4.39 Å². The normalized spacial score (nSPS) is 48.4. The molecule has 138 valence electrons. The molecular weight excluding hydrogens is 315 g/mol. The van der Waals surface area contributed by atoms with Gasteiger partial charge in [0, 0.05) is 5.92 Å². The number of carbonyl (C=O) groups excluding carboxylic acids is 1. The second kappa shape index (κ2) is 5.77. The van der Waals surface area contributed by atoms with E-state index in [4.69, 9.17) is 0 Å². The van der Waals surface area contributed by atoms with Crippen molar-refractivity contribution in [2.24, 2.45) is 34.5 Å². The van der Waals surface area contributed by atoms with Gasteiger partial charge in [-0.05, 0) is 85.2 Å². The molecule has 0 bridgehead atoms. The van der Waals surface area contributed by atoms with E-state index in [0.29, 0.717) is 23.5 Å². The zero-order valence-corrected chi connectivity index (χ0v) is 15.8. The fourth-order valence-electron chi connectivity index (χ4n) is 7.25. The van der Waals surface area contributed by atoms with Crippen molar-refractivity contribution < 1.29 is 14.3 Å². The molecule has 0 aliphatic heterocycles. The molecule has 4 aliphatic carbocycles. The average molecular weight is 346 g/mol. The maximum Gasteiger partial charge on any atom is 0.158 e. The van der Waals surface area contributed by atoms with Crippen molar-refractivity contribution >= 4 is 5.78 Å². The second-order valence-electron chi connectivity index (χ2n) is 9.55. The molecule has 0 saturated heterocycles. The number of hydrogen-bond acceptors (Lipinski definition) is 2. The van der Waals surface area contributed by atoms with Crippen LogP contribution in [0.2, 0.25) is 0 Å². The third-order valence-electron chi connectivity index (χ3n) is 8.52. The fraction of sp³-hybridized carbons (Fsp3) is 0.773. The lowest BCUT2D eigenvalue weighted by atomic mass is 9.46. The standard InChI is InChI=1S/C22H31FO2/c1-13-11-22(3)14(10-20(13)25)4-5-15-16-6-7-18(19(23)12-24)21(16,2)9-8-17(15)22/h10,13,15-17,24H,4-9,11-12H2,1-3H3/b19-18+/t13-,15?,16?,17?,21?,22?/m1/s1. The highest BCUT2D eigenvalue weighted by atomic mass is 19.1. The lowest BCUT2D eigenvalue weighted by molar-refractivity contribution is -0.121. The number of aliphatic hydroxyl groups excluding tert-OH is 1. The Hall–Kier alpha value is -0.960. The van der Waals surface area contributed by atoms with Gasteiger partial charge in [-0.15, -0.1) is 0 Å². The van der Waals surface area contributed by atoms with Crippen molar-refractivity contribution in [1.29, 1.82) is 0 Å². The van der Waals surface area contributed by atoms with E-state index in [9.17, 15) is 14.3 Å². The number of allylic oxidation sites excluding steroid dienone is 2. The van der Waals surface area contributed by atoms with Crippen LogP contribution < -0.4 is 0 Å². The molecule has 3 saturated carbocycles. The molecule has 0 aromatic carbocycles. The summed E-state index contributed by atoms with van der Waals surface area (Å²) in [6, 6.07) is 0. The van der Waals surface area contributed by atoms with Crippen LogP contribution in [0, 0.1) is 34.5 Å². The predicted octanol–water partition coefficient (Wildman–Crippen LogP) is 4.98. The van der Waals surface area contributed by atoms with Crippen LogP contribution in [0.1, 0.15) is 65.7 Å². The molecule has 3 fully saturated rings. The number of hydrogen-bond donors (Lipinski definition) is 1. The maximum atomic E-state index is 14.3. The minimum absolute atomic E-state index is 0.0678. The van der Waals surface area contributed by atoms with E-state index in [-0.39, 0.29) is 22.6 Å². The molecule has 0 radical (unpaired) electrons. The molecular formula is C22H31FO2. The number of fused-ring (bicyclic) bond motifs is 5. The summed E-state index contributed by atoms with van der Waals surface area (Å²) >= 11 is 0. The Kier molecular flexibility index (Phi) is 4.03. The van der Waals surface area contributed by atoms with Crippen LogP contribution in [-0.4, -0.2) is 17.5 Å². The summed E-state index contributed by atoms with van der Waals surface area (Å²) in [7, 11) is 0. The lowest BCUT2D eigenvalue weighted by Gasteiger charge is -2.58. The second-order valence-corrected chi connectivity index (χ2v) is 9.55. The van der Waals surface area contributed by atoms with Gasteiger partial charge in [0.05, 0.1) is 6.61 Å². The largest absolute Gasteiger partial charge is 0.389 e. The molecule has 4 rings (SSSR count). The van der Waals surface area contributed by atoms with Gasteiger partial charge >= 0.3 is 0 Å². The summed E-state index contributed by atoms with van der Waals surface area (Å²) in [4.78, 5) is 12.2. The smallest absolute Gasteiger partial charge is 0.158 e. The van der Waals surface area contributed by atoms with E-state index in [1.807, 2.05) is 6.08 Å². The fourth-order valence-corrected chi connectivity index (χ4v) is 7.25. The first-order chi connectivity index (χ1) is 11.8.